The number of benzene rings is 1. The molecule has 0 bridgehead atoms. The second-order valence-electron chi connectivity index (χ2n) is 6.79. The number of amides is 2. The molecular formula is C20H30N2O2. The molecule has 0 spiro atoms. The van der Waals surface area contributed by atoms with Gasteiger partial charge in [-0.05, 0) is 56.7 Å². The molecule has 1 aliphatic rings. The summed E-state index contributed by atoms with van der Waals surface area (Å²) in [6.45, 7) is 4.71. The quantitative estimate of drug-likeness (QED) is 0.780. The molecule has 1 aromatic rings. The molecule has 2 rings (SSSR count). The van der Waals surface area contributed by atoms with Gasteiger partial charge in [0.2, 0.25) is 5.91 Å². The van der Waals surface area contributed by atoms with Crippen molar-refractivity contribution in [3.05, 3.63) is 29.8 Å². The molecule has 2 amide bonds. The summed E-state index contributed by atoms with van der Waals surface area (Å²) in [6.07, 6.45) is 8.15. The summed E-state index contributed by atoms with van der Waals surface area (Å²) in [4.78, 5) is 24.4. The molecule has 0 aromatic heterocycles. The summed E-state index contributed by atoms with van der Waals surface area (Å²) in [5, 5.41) is 5.76. The summed E-state index contributed by atoms with van der Waals surface area (Å²) in [5.74, 6) is 0.896. The second-order valence-corrected chi connectivity index (χ2v) is 6.79. The normalized spacial score (nSPS) is 20.4. The van der Waals surface area contributed by atoms with Gasteiger partial charge in [-0.2, -0.15) is 0 Å². The predicted molar refractivity (Wildman–Crippen MR) is 98.1 cm³/mol. The van der Waals surface area contributed by atoms with E-state index in [1.54, 1.807) is 12.1 Å². The molecule has 4 heteroatoms. The van der Waals surface area contributed by atoms with Crippen LogP contribution in [0.1, 0.15) is 69.2 Å². The van der Waals surface area contributed by atoms with Crippen LogP contribution in [0.4, 0.5) is 5.69 Å². The third kappa shape index (κ3) is 5.36. The molecule has 132 valence electrons. The van der Waals surface area contributed by atoms with Gasteiger partial charge in [0.25, 0.3) is 5.91 Å². The van der Waals surface area contributed by atoms with E-state index < -0.39 is 0 Å². The van der Waals surface area contributed by atoms with Gasteiger partial charge in [0, 0.05) is 23.7 Å². The monoisotopic (exact) mass is 330 g/mol. The minimum absolute atomic E-state index is 0.0944. The Balaban J connectivity index is 1.86. The first kappa shape index (κ1) is 18.5. The molecule has 24 heavy (non-hydrogen) atoms. The first-order valence-electron chi connectivity index (χ1n) is 9.33. The summed E-state index contributed by atoms with van der Waals surface area (Å²) >= 11 is 0. The van der Waals surface area contributed by atoms with Crippen LogP contribution in [0.25, 0.3) is 0 Å². The number of rotatable bonds is 7. The smallest absolute Gasteiger partial charge is 0.251 e. The van der Waals surface area contributed by atoms with E-state index in [0.29, 0.717) is 17.8 Å². The van der Waals surface area contributed by atoms with Crippen molar-refractivity contribution < 1.29 is 9.59 Å². The Morgan fingerprint density at radius 1 is 1.12 bits per heavy atom. The van der Waals surface area contributed by atoms with Gasteiger partial charge < -0.3 is 10.6 Å². The van der Waals surface area contributed by atoms with Gasteiger partial charge >= 0.3 is 0 Å². The standard InChI is InChI=1S/C20H30N2O2/c1-3-5-7-15-10-12-16(13-11-15)20(24)22-18-9-6-8-17(14-18)19(23)21-4-2/h6,8-9,14-16H,3-5,7,10-13H2,1-2H3,(H,21,23)(H,22,24). The Bertz CT molecular complexity index is 548. The first-order chi connectivity index (χ1) is 11.6. The van der Waals surface area contributed by atoms with Crippen molar-refractivity contribution in [2.24, 2.45) is 11.8 Å². The topological polar surface area (TPSA) is 58.2 Å². The second kappa shape index (κ2) is 9.45. The number of unbranched alkanes of at least 4 members (excludes halogenated alkanes) is 1. The van der Waals surface area contributed by atoms with Crippen LogP contribution in [-0.2, 0) is 4.79 Å². The van der Waals surface area contributed by atoms with Gasteiger partial charge in [-0.15, -0.1) is 0 Å². The summed E-state index contributed by atoms with van der Waals surface area (Å²) in [5.41, 5.74) is 1.29. The highest BCUT2D eigenvalue weighted by Gasteiger charge is 2.26. The van der Waals surface area contributed by atoms with Crippen LogP contribution in [0.2, 0.25) is 0 Å². The van der Waals surface area contributed by atoms with Crippen LogP contribution in [0.3, 0.4) is 0 Å². The molecule has 0 radical (unpaired) electrons. The molecule has 2 N–H and O–H groups in total. The third-order valence-electron chi connectivity index (χ3n) is 4.91. The minimum Gasteiger partial charge on any atom is -0.352 e. The Kier molecular flexibility index (Phi) is 7.29. The van der Waals surface area contributed by atoms with Gasteiger partial charge in [-0.1, -0.05) is 32.3 Å². The Labute approximate surface area is 145 Å². The fraction of sp³-hybridized carbons (Fsp3) is 0.600. The van der Waals surface area contributed by atoms with E-state index in [-0.39, 0.29) is 17.7 Å². The third-order valence-corrected chi connectivity index (χ3v) is 4.91. The highest BCUT2D eigenvalue weighted by molar-refractivity contribution is 5.97. The zero-order chi connectivity index (χ0) is 17.4. The van der Waals surface area contributed by atoms with Gasteiger partial charge in [-0.25, -0.2) is 0 Å². The lowest BCUT2D eigenvalue weighted by Crippen LogP contribution is -2.27. The van der Waals surface area contributed by atoms with E-state index >= 15 is 0 Å². The fourth-order valence-corrected chi connectivity index (χ4v) is 3.45. The van der Waals surface area contributed by atoms with Crippen LogP contribution in [0, 0.1) is 11.8 Å². The largest absolute Gasteiger partial charge is 0.352 e. The Hall–Kier alpha value is -1.84. The highest BCUT2D eigenvalue weighted by Crippen LogP contribution is 2.32. The van der Waals surface area contributed by atoms with Gasteiger partial charge in [0.15, 0.2) is 0 Å². The van der Waals surface area contributed by atoms with Crippen molar-refractivity contribution in [3.8, 4) is 0 Å². The lowest BCUT2D eigenvalue weighted by Gasteiger charge is -2.27. The van der Waals surface area contributed by atoms with Crippen molar-refractivity contribution in [1.82, 2.24) is 5.32 Å². The average molecular weight is 330 g/mol. The zero-order valence-electron chi connectivity index (χ0n) is 14.9. The maximum atomic E-state index is 12.5. The van der Waals surface area contributed by atoms with Crippen molar-refractivity contribution in [2.75, 3.05) is 11.9 Å². The van der Waals surface area contributed by atoms with E-state index in [4.69, 9.17) is 0 Å². The maximum absolute atomic E-state index is 12.5. The molecule has 0 atom stereocenters. The fourth-order valence-electron chi connectivity index (χ4n) is 3.45. The van der Waals surface area contributed by atoms with Crippen molar-refractivity contribution in [1.29, 1.82) is 0 Å². The van der Waals surface area contributed by atoms with Gasteiger partial charge in [0.05, 0.1) is 0 Å². The first-order valence-corrected chi connectivity index (χ1v) is 9.33. The summed E-state index contributed by atoms with van der Waals surface area (Å²) < 4.78 is 0. The number of carbonyl (C=O) groups excluding carboxylic acids is 2. The molecule has 1 saturated carbocycles. The molecule has 0 aliphatic heterocycles. The van der Waals surface area contributed by atoms with E-state index in [0.717, 1.165) is 31.6 Å². The molecule has 0 saturated heterocycles. The van der Waals surface area contributed by atoms with E-state index in [1.165, 1.54) is 19.3 Å². The Morgan fingerprint density at radius 3 is 2.54 bits per heavy atom. The van der Waals surface area contributed by atoms with Gasteiger partial charge in [-0.3, -0.25) is 9.59 Å². The molecule has 1 fully saturated rings. The number of carbonyl (C=O) groups is 2. The van der Waals surface area contributed by atoms with E-state index in [1.807, 2.05) is 19.1 Å². The van der Waals surface area contributed by atoms with Gasteiger partial charge in [0.1, 0.15) is 0 Å². The van der Waals surface area contributed by atoms with Crippen molar-refractivity contribution in [3.63, 3.8) is 0 Å². The number of hydrogen-bond donors (Lipinski definition) is 2. The van der Waals surface area contributed by atoms with E-state index in [2.05, 4.69) is 17.6 Å². The molecule has 4 nitrogen and oxygen atoms in total. The minimum atomic E-state index is -0.106. The highest BCUT2D eigenvalue weighted by atomic mass is 16.2. The Morgan fingerprint density at radius 2 is 1.88 bits per heavy atom. The maximum Gasteiger partial charge on any atom is 0.251 e. The lowest BCUT2D eigenvalue weighted by molar-refractivity contribution is -0.121. The van der Waals surface area contributed by atoms with Crippen LogP contribution in [0.5, 0.6) is 0 Å². The molecule has 0 heterocycles. The SMILES string of the molecule is CCCCC1CCC(C(=O)Nc2cccc(C(=O)NCC)c2)CC1. The molecule has 0 unspecified atom stereocenters. The molecule has 1 aliphatic carbocycles. The number of nitrogens with one attached hydrogen (secondary N) is 2. The van der Waals surface area contributed by atoms with Crippen LogP contribution in [-0.4, -0.2) is 18.4 Å². The van der Waals surface area contributed by atoms with Crippen LogP contribution >= 0.6 is 0 Å². The van der Waals surface area contributed by atoms with Crippen LogP contribution < -0.4 is 10.6 Å². The molecular weight excluding hydrogens is 300 g/mol. The number of hydrogen-bond acceptors (Lipinski definition) is 2. The van der Waals surface area contributed by atoms with E-state index in [9.17, 15) is 9.59 Å². The average Bonchev–Trinajstić information content (AvgIpc) is 2.61. The van der Waals surface area contributed by atoms with Crippen LogP contribution in [0.15, 0.2) is 24.3 Å². The summed E-state index contributed by atoms with van der Waals surface area (Å²) in [6, 6.07) is 7.16. The van der Waals surface area contributed by atoms with Crippen molar-refractivity contribution >= 4 is 17.5 Å². The molecule has 1 aromatic carbocycles. The zero-order valence-corrected chi connectivity index (χ0v) is 14.9. The summed E-state index contributed by atoms with van der Waals surface area (Å²) in [7, 11) is 0. The predicted octanol–water partition coefficient (Wildman–Crippen LogP) is 4.37. The number of anilines is 1. The lowest BCUT2D eigenvalue weighted by atomic mass is 9.79. The van der Waals surface area contributed by atoms with Crippen molar-refractivity contribution in [2.45, 2.75) is 58.8 Å².